The first kappa shape index (κ1) is 9.19. The molecule has 0 amide bonds. The number of imidazole rings is 1. The molecule has 0 aliphatic heterocycles. The third-order valence-electron chi connectivity index (χ3n) is 2.35. The lowest BCUT2D eigenvalue weighted by Crippen LogP contribution is -1.97. The Balaban J connectivity index is 2.79. The largest absolute Gasteiger partial charge is 0.301 e. The highest BCUT2D eigenvalue weighted by Crippen LogP contribution is 2.20. The van der Waals surface area contributed by atoms with Crippen LogP contribution in [-0.4, -0.2) is 9.38 Å². The van der Waals surface area contributed by atoms with Crippen LogP contribution in [0.1, 0.15) is 31.2 Å². The van der Waals surface area contributed by atoms with E-state index in [0.717, 1.165) is 17.0 Å². The van der Waals surface area contributed by atoms with Gasteiger partial charge in [-0.05, 0) is 25.0 Å². The molecular formula is C11H13FN2. The van der Waals surface area contributed by atoms with Gasteiger partial charge in [0.25, 0.3) is 0 Å². The van der Waals surface area contributed by atoms with Crippen LogP contribution in [0, 0.1) is 12.7 Å². The molecule has 0 bridgehead atoms. The molecule has 0 N–H and O–H groups in total. The Labute approximate surface area is 82.4 Å². The number of hydrogen-bond donors (Lipinski definition) is 0. The van der Waals surface area contributed by atoms with Crippen LogP contribution in [0.25, 0.3) is 5.65 Å². The minimum atomic E-state index is -0.225. The number of aromatic nitrogens is 2. The van der Waals surface area contributed by atoms with E-state index in [0.29, 0.717) is 5.92 Å². The van der Waals surface area contributed by atoms with Gasteiger partial charge in [-0.3, -0.25) is 0 Å². The highest BCUT2D eigenvalue weighted by molar-refractivity contribution is 5.43. The van der Waals surface area contributed by atoms with Gasteiger partial charge in [0.1, 0.15) is 11.5 Å². The van der Waals surface area contributed by atoms with Gasteiger partial charge in [-0.15, -0.1) is 0 Å². The Kier molecular flexibility index (Phi) is 2.02. The van der Waals surface area contributed by atoms with Crippen molar-refractivity contribution in [3.05, 3.63) is 35.5 Å². The lowest BCUT2D eigenvalue weighted by atomic mass is 10.1. The third kappa shape index (κ3) is 1.29. The molecule has 3 heteroatoms. The van der Waals surface area contributed by atoms with Crippen molar-refractivity contribution in [3.63, 3.8) is 0 Å². The predicted octanol–water partition coefficient (Wildman–Crippen LogP) is 2.91. The molecule has 0 aliphatic rings. The van der Waals surface area contributed by atoms with E-state index < -0.39 is 0 Å². The monoisotopic (exact) mass is 192 g/mol. The average Bonchev–Trinajstić information content (AvgIpc) is 2.40. The summed E-state index contributed by atoms with van der Waals surface area (Å²) in [6.45, 7) is 6.13. The Morgan fingerprint density at radius 3 is 2.71 bits per heavy atom. The molecule has 2 nitrogen and oxygen atoms in total. The van der Waals surface area contributed by atoms with Crippen LogP contribution in [0.5, 0.6) is 0 Å². The fraction of sp³-hybridized carbons (Fsp3) is 0.364. The molecule has 2 aromatic heterocycles. The second-order valence-electron chi connectivity index (χ2n) is 3.81. The van der Waals surface area contributed by atoms with E-state index in [4.69, 9.17) is 0 Å². The molecule has 0 saturated carbocycles. The third-order valence-corrected chi connectivity index (χ3v) is 2.35. The van der Waals surface area contributed by atoms with Gasteiger partial charge in [0, 0.05) is 11.9 Å². The van der Waals surface area contributed by atoms with Crippen molar-refractivity contribution in [3.8, 4) is 0 Å². The SMILES string of the molecule is Cc1nc2ccc(F)cn2c1C(C)C. The van der Waals surface area contributed by atoms with Gasteiger partial charge < -0.3 is 4.40 Å². The maximum atomic E-state index is 13.0. The van der Waals surface area contributed by atoms with Gasteiger partial charge in [-0.25, -0.2) is 9.37 Å². The van der Waals surface area contributed by atoms with E-state index in [-0.39, 0.29) is 5.82 Å². The van der Waals surface area contributed by atoms with Crippen LogP contribution in [0.15, 0.2) is 18.3 Å². The van der Waals surface area contributed by atoms with Crippen molar-refractivity contribution >= 4 is 5.65 Å². The highest BCUT2D eigenvalue weighted by atomic mass is 19.1. The van der Waals surface area contributed by atoms with Crippen molar-refractivity contribution in [2.45, 2.75) is 26.7 Å². The number of hydrogen-bond acceptors (Lipinski definition) is 1. The molecule has 2 heterocycles. The zero-order valence-electron chi connectivity index (χ0n) is 8.58. The van der Waals surface area contributed by atoms with Crippen molar-refractivity contribution in [2.75, 3.05) is 0 Å². The van der Waals surface area contributed by atoms with Gasteiger partial charge in [0.2, 0.25) is 0 Å². The normalized spacial score (nSPS) is 11.5. The molecule has 2 rings (SSSR count). The molecule has 0 saturated heterocycles. The van der Waals surface area contributed by atoms with Gasteiger partial charge in [0.05, 0.1) is 5.69 Å². The van der Waals surface area contributed by atoms with E-state index in [1.54, 1.807) is 6.07 Å². The summed E-state index contributed by atoms with van der Waals surface area (Å²) < 4.78 is 14.9. The average molecular weight is 192 g/mol. The minimum Gasteiger partial charge on any atom is -0.301 e. The smallest absolute Gasteiger partial charge is 0.139 e. The molecule has 0 unspecified atom stereocenters. The molecule has 0 spiro atoms. The lowest BCUT2D eigenvalue weighted by molar-refractivity contribution is 0.616. The molecule has 0 atom stereocenters. The van der Waals surface area contributed by atoms with E-state index in [1.807, 2.05) is 11.3 Å². The molecular weight excluding hydrogens is 179 g/mol. The molecule has 2 aromatic rings. The van der Waals surface area contributed by atoms with E-state index in [9.17, 15) is 4.39 Å². The number of halogens is 1. The van der Waals surface area contributed by atoms with Crippen LogP contribution in [-0.2, 0) is 0 Å². The maximum absolute atomic E-state index is 13.0. The van der Waals surface area contributed by atoms with Crippen LogP contribution < -0.4 is 0 Å². The summed E-state index contributed by atoms with van der Waals surface area (Å²) in [5, 5.41) is 0. The maximum Gasteiger partial charge on any atom is 0.139 e. The zero-order chi connectivity index (χ0) is 10.3. The van der Waals surface area contributed by atoms with Crippen LogP contribution in [0.3, 0.4) is 0 Å². The van der Waals surface area contributed by atoms with Gasteiger partial charge in [-0.1, -0.05) is 13.8 Å². The van der Waals surface area contributed by atoms with Gasteiger partial charge in [-0.2, -0.15) is 0 Å². The van der Waals surface area contributed by atoms with Crippen LogP contribution in [0.4, 0.5) is 4.39 Å². The van der Waals surface area contributed by atoms with Crippen molar-refractivity contribution in [1.82, 2.24) is 9.38 Å². The molecule has 74 valence electrons. The number of fused-ring (bicyclic) bond motifs is 1. The van der Waals surface area contributed by atoms with Crippen LogP contribution in [0.2, 0.25) is 0 Å². The Hall–Kier alpha value is -1.38. The Bertz CT molecular complexity index is 471. The summed E-state index contributed by atoms with van der Waals surface area (Å²) in [4.78, 5) is 4.37. The first-order chi connectivity index (χ1) is 6.59. The second-order valence-corrected chi connectivity index (χ2v) is 3.81. The molecule has 0 aliphatic carbocycles. The zero-order valence-corrected chi connectivity index (χ0v) is 8.58. The molecule has 14 heavy (non-hydrogen) atoms. The molecule has 0 radical (unpaired) electrons. The van der Waals surface area contributed by atoms with E-state index in [2.05, 4.69) is 18.8 Å². The van der Waals surface area contributed by atoms with Gasteiger partial charge in [0.15, 0.2) is 0 Å². The summed E-state index contributed by atoms with van der Waals surface area (Å²) >= 11 is 0. The topological polar surface area (TPSA) is 17.3 Å². The molecule has 0 fully saturated rings. The quantitative estimate of drug-likeness (QED) is 0.679. The summed E-state index contributed by atoms with van der Waals surface area (Å²) in [6, 6.07) is 3.14. The summed E-state index contributed by atoms with van der Waals surface area (Å²) in [5.74, 6) is 0.128. The first-order valence-corrected chi connectivity index (χ1v) is 4.73. The fourth-order valence-corrected chi connectivity index (χ4v) is 1.85. The summed E-state index contributed by atoms with van der Waals surface area (Å²) in [7, 11) is 0. The highest BCUT2D eigenvalue weighted by Gasteiger charge is 2.11. The molecule has 0 aromatic carbocycles. The van der Waals surface area contributed by atoms with E-state index >= 15 is 0 Å². The number of nitrogens with zero attached hydrogens (tertiary/aromatic N) is 2. The summed E-state index contributed by atoms with van der Waals surface area (Å²) in [6.07, 6.45) is 1.49. The Morgan fingerprint density at radius 2 is 2.07 bits per heavy atom. The number of aryl methyl sites for hydroxylation is 1. The van der Waals surface area contributed by atoms with Crippen LogP contribution >= 0.6 is 0 Å². The first-order valence-electron chi connectivity index (χ1n) is 4.73. The van der Waals surface area contributed by atoms with E-state index in [1.165, 1.54) is 12.3 Å². The second kappa shape index (κ2) is 3.08. The number of rotatable bonds is 1. The summed E-state index contributed by atoms with van der Waals surface area (Å²) in [5.41, 5.74) is 2.87. The number of pyridine rings is 1. The van der Waals surface area contributed by atoms with Crippen molar-refractivity contribution in [1.29, 1.82) is 0 Å². The van der Waals surface area contributed by atoms with Crippen molar-refractivity contribution < 1.29 is 4.39 Å². The predicted molar refractivity (Wildman–Crippen MR) is 54.0 cm³/mol. The fourth-order valence-electron chi connectivity index (χ4n) is 1.85. The standard InChI is InChI=1S/C11H13FN2/c1-7(2)11-8(3)13-10-5-4-9(12)6-14(10)11/h4-7H,1-3H3. The lowest BCUT2D eigenvalue weighted by Gasteiger charge is -2.05. The van der Waals surface area contributed by atoms with Gasteiger partial charge >= 0.3 is 0 Å². The minimum absolute atomic E-state index is 0.225. The Morgan fingerprint density at radius 1 is 1.36 bits per heavy atom. The van der Waals surface area contributed by atoms with Crippen molar-refractivity contribution in [2.24, 2.45) is 0 Å².